The van der Waals surface area contributed by atoms with E-state index in [1.807, 2.05) is 24.8 Å². The average molecular weight is 265 g/mol. The number of morpholine rings is 1. The quantitative estimate of drug-likeness (QED) is 0.844. The molecule has 1 fully saturated rings. The van der Waals surface area contributed by atoms with Gasteiger partial charge in [-0.2, -0.15) is 5.10 Å². The molecule has 1 aliphatic heterocycles. The molecule has 0 saturated carbocycles. The van der Waals surface area contributed by atoms with Gasteiger partial charge in [0, 0.05) is 17.7 Å². The number of carbonyl (C=O) groups is 1. The second kappa shape index (κ2) is 4.63. The number of hydrogen-bond acceptors (Lipinski definition) is 3. The van der Waals surface area contributed by atoms with Crippen molar-refractivity contribution in [1.29, 1.82) is 0 Å². The zero-order valence-corrected chi connectivity index (χ0v) is 12.4. The van der Waals surface area contributed by atoms with Crippen LogP contribution in [0.25, 0.3) is 0 Å². The second-order valence-electron chi connectivity index (χ2n) is 6.74. The van der Waals surface area contributed by atoms with Crippen LogP contribution in [0.5, 0.6) is 0 Å². The molecule has 0 bridgehead atoms. The average Bonchev–Trinajstić information content (AvgIpc) is 2.76. The van der Waals surface area contributed by atoms with E-state index in [9.17, 15) is 4.79 Å². The number of amides is 1. The first-order valence-corrected chi connectivity index (χ1v) is 6.67. The maximum atomic E-state index is 12.5. The van der Waals surface area contributed by atoms with Gasteiger partial charge in [-0.3, -0.25) is 9.89 Å². The van der Waals surface area contributed by atoms with Crippen molar-refractivity contribution in [2.45, 2.75) is 45.6 Å². The summed E-state index contributed by atoms with van der Waals surface area (Å²) in [5.74, 6) is -0.0277. The number of aromatic amines is 1. The Morgan fingerprint density at radius 1 is 1.47 bits per heavy atom. The first-order valence-electron chi connectivity index (χ1n) is 6.67. The van der Waals surface area contributed by atoms with Crippen LogP contribution >= 0.6 is 0 Å². The number of aromatic nitrogens is 2. The summed E-state index contributed by atoms with van der Waals surface area (Å²) in [6.07, 6.45) is 0. The number of nitrogens with one attached hydrogen (secondary N) is 1. The van der Waals surface area contributed by atoms with E-state index in [4.69, 9.17) is 4.74 Å². The molecule has 0 unspecified atom stereocenters. The van der Waals surface area contributed by atoms with Crippen molar-refractivity contribution in [3.63, 3.8) is 0 Å². The molecule has 1 aromatic rings. The normalized spacial score (nSPS) is 19.5. The van der Waals surface area contributed by atoms with Gasteiger partial charge < -0.3 is 9.64 Å². The topological polar surface area (TPSA) is 58.2 Å². The van der Waals surface area contributed by atoms with Gasteiger partial charge in [-0.25, -0.2) is 0 Å². The molecule has 1 amide bonds. The van der Waals surface area contributed by atoms with Crippen LogP contribution in [0.4, 0.5) is 0 Å². The highest BCUT2D eigenvalue weighted by Crippen LogP contribution is 2.24. The monoisotopic (exact) mass is 265 g/mol. The Bertz CT molecular complexity index is 471. The number of hydrogen-bond donors (Lipinski definition) is 1. The van der Waals surface area contributed by atoms with E-state index in [1.54, 1.807) is 0 Å². The van der Waals surface area contributed by atoms with E-state index in [0.29, 0.717) is 25.5 Å². The first kappa shape index (κ1) is 14.1. The van der Waals surface area contributed by atoms with Crippen LogP contribution in [0.15, 0.2) is 6.07 Å². The molecule has 106 valence electrons. The van der Waals surface area contributed by atoms with Gasteiger partial charge in [0.1, 0.15) is 5.69 Å². The minimum absolute atomic E-state index is 0.0277. The number of ether oxygens (including phenoxy) is 1. The first-order chi connectivity index (χ1) is 8.72. The lowest BCUT2D eigenvalue weighted by Crippen LogP contribution is -2.55. The molecule has 2 heterocycles. The van der Waals surface area contributed by atoms with Crippen LogP contribution in [0.2, 0.25) is 0 Å². The van der Waals surface area contributed by atoms with Gasteiger partial charge in [-0.1, -0.05) is 20.8 Å². The van der Waals surface area contributed by atoms with Crippen LogP contribution in [-0.2, 0) is 10.2 Å². The summed E-state index contributed by atoms with van der Waals surface area (Å²) in [6, 6.07) is 1.86. The molecule has 5 nitrogen and oxygen atoms in total. The van der Waals surface area contributed by atoms with E-state index in [1.165, 1.54) is 0 Å². The molecular formula is C14H23N3O2. The van der Waals surface area contributed by atoms with Gasteiger partial charge in [-0.05, 0) is 19.9 Å². The molecule has 1 aromatic heterocycles. The Labute approximate surface area is 114 Å². The van der Waals surface area contributed by atoms with Gasteiger partial charge >= 0.3 is 0 Å². The zero-order valence-electron chi connectivity index (χ0n) is 12.4. The minimum atomic E-state index is -0.282. The summed E-state index contributed by atoms with van der Waals surface area (Å²) in [5.41, 5.74) is 1.14. The van der Waals surface area contributed by atoms with Crippen molar-refractivity contribution < 1.29 is 9.53 Å². The summed E-state index contributed by atoms with van der Waals surface area (Å²) in [4.78, 5) is 14.4. The molecular weight excluding hydrogens is 242 g/mol. The Kier molecular flexibility index (Phi) is 3.43. The van der Waals surface area contributed by atoms with Crippen LogP contribution in [-0.4, -0.2) is 46.3 Å². The molecule has 0 aromatic carbocycles. The van der Waals surface area contributed by atoms with Crippen molar-refractivity contribution in [2.75, 3.05) is 19.8 Å². The van der Waals surface area contributed by atoms with E-state index >= 15 is 0 Å². The highest BCUT2D eigenvalue weighted by Gasteiger charge is 2.35. The molecule has 0 spiro atoms. The van der Waals surface area contributed by atoms with Crippen LogP contribution in [0.3, 0.4) is 0 Å². The fraction of sp³-hybridized carbons (Fsp3) is 0.714. The zero-order chi connectivity index (χ0) is 14.3. The van der Waals surface area contributed by atoms with Gasteiger partial charge in [0.05, 0.1) is 18.8 Å². The third kappa shape index (κ3) is 2.81. The highest BCUT2D eigenvalue weighted by molar-refractivity contribution is 5.93. The van der Waals surface area contributed by atoms with E-state index in [0.717, 1.165) is 5.69 Å². The highest BCUT2D eigenvalue weighted by atomic mass is 16.5. The van der Waals surface area contributed by atoms with Crippen LogP contribution in [0, 0.1) is 0 Å². The van der Waals surface area contributed by atoms with E-state index in [2.05, 4.69) is 31.0 Å². The van der Waals surface area contributed by atoms with Crippen molar-refractivity contribution in [3.8, 4) is 0 Å². The molecule has 1 saturated heterocycles. The smallest absolute Gasteiger partial charge is 0.274 e. The summed E-state index contributed by atoms with van der Waals surface area (Å²) < 4.78 is 5.44. The maximum absolute atomic E-state index is 12.5. The number of carbonyl (C=O) groups excluding carboxylic acids is 1. The van der Waals surface area contributed by atoms with Gasteiger partial charge in [0.2, 0.25) is 0 Å². The lowest BCUT2D eigenvalue weighted by molar-refractivity contribution is -0.0373. The fourth-order valence-electron chi connectivity index (χ4n) is 2.19. The predicted molar refractivity (Wildman–Crippen MR) is 73.2 cm³/mol. The van der Waals surface area contributed by atoms with Gasteiger partial charge in [0.25, 0.3) is 5.91 Å². The molecule has 2 rings (SSSR count). The third-order valence-electron chi connectivity index (χ3n) is 3.50. The minimum Gasteiger partial charge on any atom is -0.377 e. The summed E-state index contributed by atoms with van der Waals surface area (Å²) in [6.45, 7) is 12.1. The SMILES string of the molecule is CC(C)(C)c1cc(C(=O)N2CCOCC2(C)C)n[nH]1. The molecule has 5 heteroatoms. The molecule has 1 N–H and O–H groups in total. The maximum Gasteiger partial charge on any atom is 0.274 e. The molecule has 1 aliphatic rings. The second-order valence-corrected chi connectivity index (χ2v) is 6.74. The number of H-pyrrole nitrogens is 1. The Morgan fingerprint density at radius 2 is 2.16 bits per heavy atom. The summed E-state index contributed by atoms with van der Waals surface area (Å²) in [7, 11) is 0. The standard InChI is InChI=1S/C14H23N3O2/c1-13(2,3)11-8-10(15-16-11)12(18)17-6-7-19-9-14(17,4)5/h8H,6-7,9H2,1-5H3,(H,15,16). The van der Waals surface area contributed by atoms with Crippen molar-refractivity contribution in [1.82, 2.24) is 15.1 Å². The Morgan fingerprint density at radius 3 is 2.68 bits per heavy atom. The fourth-order valence-corrected chi connectivity index (χ4v) is 2.19. The third-order valence-corrected chi connectivity index (χ3v) is 3.50. The molecule has 19 heavy (non-hydrogen) atoms. The Balaban J connectivity index is 2.22. The lowest BCUT2D eigenvalue weighted by atomic mass is 9.92. The predicted octanol–water partition coefficient (Wildman–Crippen LogP) is 1.96. The molecule has 0 radical (unpaired) electrons. The number of nitrogens with zero attached hydrogens (tertiary/aromatic N) is 2. The lowest BCUT2D eigenvalue weighted by Gasteiger charge is -2.41. The van der Waals surface area contributed by atoms with E-state index < -0.39 is 0 Å². The Hall–Kier alpha value is -1.36. The van der Waals surface area contributed by atoms with Gasteiger partial charge in [0.15, 0.2) is 0 Å². The van der Waals surface area contributed by atoms with E-state index in [-0.39, 0.29) is 16.9 Å². The van der Waals surface area contributed by atoms with Gasteiger partial charge in [-0.15, -0.1) is 0 Å². The largest absolute Gasteiger partial charge is 0.377 e. The number of rotatable bonds is 1. The van der Waals surface area contributed by atoms with Crippen LogP contribution in [0.1, 0.15) is 50.8 Å². The summed E-state index contributed by atoms with van der Waals surface area (Å²) in [5, 5.41) is 7.13. The van der Waals surface area contributed by atoms with Crippen molar-refractivity contribution >= 4 is 5.91 Å². The van der Waals surface area contributed by atoms with Crippen molar-refractivity contribution in [3.05, 3.63) is 17.5 Å². The molecule has 0 aliphatic carbocycles. The van der Waals surface area contributed by atoms with Crippen LogP contribution < -0.4 is 0 Å². The summed E-state index contributed by atoms with van der Waals surface area (Å²) >= 11 is 0. The van der Waals surface area contributed by atoms with Crippen molar-refractivity contribution in [2.24, 2.45) is 0 Å². The molecule has 0 atom stereocenters.